The lowest BCUT2D eigenvalue weighted by molar-refractivity contribution is 0.0950. The van der Waals surface area contributed by atoms with Gasteiger partial charge in [0.25, 0.3) is 5.91 Å². The summed E-state index contributed by atoms with van der Waals surface area (Å²) >= 11 is 0. The number of aryl methyl sites for hydroxylation is 1. The van der Waals surface area contributed by atoms with Crippen LogP contribution in [-0.2, 0) is 13.6 Å². The lowest BCUT2D eigenvalue weighted by Crippen LogP contribution is -2.47. The minimum absolute atomic E-state index is 0.151. The first-order valence-electron chi connectivity index (χ1n) is 12.8. The minimum atomic E-state index is -0.151. The third-order valence-electron chi connectivity index (χ3n) is 6.91. The summed E-state index contributed by atoms with van der Waals surface area (Å²) in [6.45, 7) is 3.36. The van der Waals surface area contributed by atoms with E-state index in [1.807, 2.05) is 72.7 Å². The summed E-state index contributed by atoms with van der Waals surface area (Å²) in [5.74, 6) is 1.46. The van der Waals surface area contributed by atoms with Gasteiger partial charge in [-0.25, -0.2) is 14.6 Å². The number of nitrogens with zero attached hydrogens (tertiary/aromatic N) is 8. The van der Waals surface area contributed by atoms with Gasteiger partial charge in [0.05, 0.1) is 42.3 Å². The monoisotopic (exact) mass is 523 g/mol. The Kier molecular flexibility index (Phi) is 6.54. The molecule has 0 radical (unpaired) electrons. The number of fused-ring (bicyclic) bond motifs is 1. The fraction of sp³-hybridized carbons (Fsp3) is 0.250. The number of benzene rings is 2. The molecule has 198 valence electrons. The zero-order chi connectivity index (χ0) is 26.8. The zero-order valence-corrected chi connectivity index (χ0v) is 21.9. The van der Waals surface area contributed by atoms with Crippen molar-refractivity contribution in [2.75, 3.05) is 43.1 Å². The highest BCUT2D eigenvalue weighted by molar-refractivity contribution is 5.95. The van der Waals surface area contributed by atoms with Crippen LogP contribution in [0.2, 0.25) is 0 Å². The summed E-state index contributed by atoms with van der Waals surface area (Å²) in [4.78, 5) is 26.5. The predicted molar refractivity (Wildman–Crippen MR) is 148 cm³/mol. The van der Waals surface area contributed by atoms with E-state index in [9.17, 15) is 4.79 Å². The molecule has 1 N–H and O–H groups in total. The largest absolute Gasteiger partial charge is 0.495 e. The van der Waals surface area contributed by atoms with Crippen molar-refractivity contribution in [3.63, 3.8) is 0 Å². The number of piperazine rings is 1. The second-order valence-corrected chi connectivity index (χ2v) is 9.35. The standard InChI is InChI=1S/C28H29N9O2/c1-34-11-10-21(33-34)17-29-28(38)20-8-9-25(39-2)24(16-20)35-12-14-36(15-13-35)26-23-18-32-37(27(23)31-19-30-26)22-6-4-3-5-7-22/h3-11,16,18-19H,12-15,17H2,1-2H3,(H,29,38). The van der Waals surface area contributed by atoms with Crippen LogP contribution in [0.4, 0.5) is 11.5 Å². The third kappa shape index (κ3) is 4.86. The molecule has 11 heteroatoms. The Labute approximate surface area is 225 Å². The van der Waals surface area contributed by atoms with Gasteiger partial charge in [-0.15, -0.1) is 0 Å². The number of amides is 1. The number of carbonyl (C=O) groups excluding carboxylic acids is 1. The molecule has 4 heterocycles. The van der Waals surface area contributed by atoms with Gasteiger partial charge in [0.2, 0.25) is 0 Å². The number of methoxy groups -OCH3 is 1. The maximum absolute atomic E-state index is 12.9. The minimum Gasteiger partial charge on any atom is -0.495 e. The number of hydrogen-bond acceptors (Lipinski definition) is 8. The molecule has 1 saturated heterocycles. The van der Waals surface area contributed by atoms with Crippen molar-refractivity contribution in [1.82, 2.24) is 34.8 Å². The van der Waals surface area contributed by atoms with E-state index in [-0.39, 0.29) is 5.91 Å². The molecule has 1 amide bonds. The quantitative estimate of drug-likeness (QED) is 0.347. The number of anilines is 2. The number of carbonyl (C=O) groups is 1. The van der Waals surface area contributed by atoms with Crippen LogP contribution in [0.25, 0.3) is 16.7 Å². The van der Waals surface area contributed by atoms with Crippen LogP contribution in [0.3, 0.4) is 0 Å². The van der Waals surface area contributed by atoms with Crippen molar-refractivity contribution in [3.05, 3.63) is 84.6 Å². The Morgan fingerprint density at radius 3 is 2.54 bits per heavy atom. The van der Waals surface area contributed by atoms with Gasteiger partial charge in [0.1, 0.15) is 17.9 Å². The van der Waals surface area contributed by atoms with Gasteiger partial charge in [-0.1, -0.05) is 18.2 Å². The molecule has 0 unspecified atom stereocenters. The number of ether oxygens (including phenoxy) is 1. The Morgan fingerprint density at radius 1 is 1.00 bits per heavy atom. The van der Waals surface area contributed by atoms with E-state index in [0.717, 1.165) is 65.8 Å². The highest BCUT2D eigenvalue weighted by Gasteiger charge is 2.24. The summed E-state index contributed by atoms with van der Waals surface area (Å²) in [5, 5.41) is 12.8. The van der Waals surface area contributed by atoms with Crippen LogP contribution in [0.5, 0.6) is 5.75 Å². The lowest BCUT2D eigenvalue weighted by Gasteiger charge is -2.37. The number of hydrogen-bond donors (Lipinski definition) is 1. The molecular weight excluding hydrogens is 494 g/mol. The van der Waals surface area contributed by atoms with E-state index in [1.54, 1.807) is 24.2 Å². The highest BCUT2D eigenvalue weighted by Crippen LogP contribution is 2.32. The van der Waals surface area contributed by atoms with Crippen LogP contribution in [0.1, 0.15) is 16.1 Å². The van der Waals surface area contributed by atoms with Crippen LogP contribution < -0.4 is 19.9 Å². The predicted octanol–water partition coefficient (Wildman–Crippen LogP) is 2.81. The number of rotatable bonds is 7. The van der Waals surface area contributed by atoms with Crippen molar-refractivity contribution < 1.29 is 9.53 Å². The first-order chi connectivity index (χ1) is 19.1. The van der Waals surface area contributed by atoms with E-state index < -0.39 is 0 Å². The topological polar surface area (TPSA) is 106 Å². The summed E-state index contributed by atoms with van der Waals surface area (Å²) < 4.78 is 9.20. The molecule has 0 spiro atoms. The van der Waals surface area contributed by atoms with Crippen molar-refractivity contribution in [2.24, 2.45) is 7.05 Å². The van der Waals surface area contributed by atoms with Crippen molar-refractivity contribution >= 4 is 28.4 Å². The maximum atomic E-state index is 12.9. The number of para-hydroxylation sites is 1. The summed E-state index contributed by atoms with van der Waals surface area (Å²) in [6, 6.07) is 17.4. The summed E-state index contributed by atoms with van der Waals surface area (Å²) in [6.07, 6.45) is 5.29. The van der Waals surface area contributed by atoms with Crippen molar-refractivity contribution in [1.29, 1.82) is 0 Å². The van der Waals surface area contributed by atoms with E-state index >= 15 is 0 Å². The molecule has 0 atom stereocenters. The molecule has 1 aliphatic heterocycles. The Balaban J connectivity index is 1.18. The molecule has 1 fully saturated rings. The Morgan fingerprint density at radius 2 is 1.79 bits per heavy atom. The van der Waals surface area contributed by atoms with E-state index in [4.69, 9.17) is 4.74 Å². The fourth-order valence-electron chi connectivity index (χ4n) is 4.91. The molecule has 6 rings (SSSR count). The second-order valence-electron chi connectivity index (χ2n) is 9.35. The van der Waals surface area contributed by atoms with Gasteiger partial charge in [-0.05, 0) is 36.4 Å². The van der Waals surface area contributed by atoms with Gasteiger partial charge in [0.15, 0.2) is 5.65 Å². The molecule has 1 aliphatic rings. The van der Waals surface area contributed by atoms with Gasteiger partial charge in [0, 0.05) is 45.0 Å². The van der Waals surface area contributed by atoms with E-state index in [1.165, 1.54) is 0 Å². The van der Waals surface area contributed by atoms with Crippen molar-refractivity contribution in [3.8, 4) is 11.4 Å². The lowest BCUT2D eigenvalue weighted by atomic mass is 10.1. The van der Waals surface area contributed by atoms with Crippen LogP contribution in [-0.4, -0.2) is 68.7 Å². The fourth-order valence-corrected chi connectivity index (χ4v) is 4.91. The van der Waals surface area contributed by atoms with Gasteiger partial charge >= 0.3 is 0 Å². The molecule has 0 aliphatic carbocycles. The SMILES string of the molecule is COc1ccc(C(=O)NCc2ccn(C)n2)cc1N1CCN(c2ncnc3c2cnn3-c2ccccc2)CC1. The molecule has 11 nitrogen and oxygen atoms in total. The molecule has 39 heavy (non-hydrogen) atoms. The second kappa shape index (κ2) is 10.4. The molecule has 2 aromatic carbocycles. The Bertz CT molecular complexity index is 1600. The Hall–Kier alpha value is -4.93. The van der Waals surface area contributed by atoms with Gasteiger partial charge in [-0.2, -0.15) is 10.2 Å². The normalized spacial score (nSPS) is 13.6. The molecule has 5 aromatic rings. The molecular formula is C28H29N9O2. The van der Waals surface area contributed by atoms with Gasteiger partial charge in [-0.3, -0.25) is 9.48 Å². The highest BCUT2D eigenvalue weighted by atomic mass is 16.5. The zero-order valence-electron chi connectivity index (χ0n) is 21.9. The number of nitrogens with one attached hydrogen (secondary N) is 1. The van der Waals surface area contributed by atoms with Crippen molar-refractivity contribution in [2.45, 2.75) is 6.54 Å². The molecule has 0 bridgehead atoms. The number of aromatic nitrogens is 6. The maximum Gasteiger partial charge on any atom is 0.251 e. The molecule has 3 aromatic heterocycles. The average molecular weight is 524 g/mol. The molecule has 0 saturated carbocycles. The first-order valence-corrected chi connectivity index (χ1v) is 12.8. The third-order valence-corrected chi connectivity index (χ3v) is 6.91. The van der Waals surface area contributed by atoms with Crippen LogP contribution in [0.15, 0.2) is 73.3 Å². The van der Waals surface area contributed by atoms with E-state index in [2.05, 4.69) is 35.3 Å². The van der Waals surface area contributed by atoms with Crippen LogP contribution >= 0.6 is 0 Å². The smallest absolute Gasteiger partial charge is 0.251 e. The van der Waals surface area contributed by atoms with E-state index in [0.29, 0.717) is 12.1 Å². The first kappa shape index (κ1) is 24.4. The summed E-state index contributed by atoms with van der Waals surface area (Å²) in [7, 11) is 3.50. The van der Waals surface area contributed by atoms with Crippen LogP contribution in [0, 0.1) is 0 Å². The van der Waals surface area contributed by atoms with Gasteiger partial charge < -0.3 is 19.9 Å². The average Bonchev–Trinajstić information content (AvgIpc) is 3.62. The summed E-state index contributed by atoms with van der Waals surface area (Å²) in [5.41, 5.74) is 4.02.